The average Bonchev–Trinajstić information content (AvgIpc) is 2.44. The summed E-state index contributed by atoms with van der Waals surface area (Å²) >= 11 is 11.3. The van der Waals surface area contributed by atoms with Gasteiger partial charge in [0, 0.05) is 43.9 Å². The number of hydrogen-bond donors (Lipinski definition) is 1. The minimum absolute atomic E-state index is 0.275. The maximum absolute atomic E-state index is 6.33. The van der Waals surface area contributed by atoms with E-state index in [1.54, 1.807) is 14.2 Å². The Labute approximate surface area is 137 Å². The molecule has 6 heteroatoms. The standard InChI is InChI=1S/C15H23ClN2O2S/c1-11(10-20-3)18(6-7-19-2)9-13-5-4-12(15(17)21)8-14(13)16/h4-5,8,11H,6-7,9-10H2,1-3H3,(H2,17,21). The fourth-order valence-corrected chi connectivity index (χ4v) is 2.43. The second-order valence-corrected chi connectivity index (χ2v) is 5.79. The molecule has 0 bridgehead atoms. The molecular formula is C15H23ClN2O2S. The Morgan fingerprint density at radius 2 is 2.10 bits per heavy atom. The maximum atomic E-state index is 6.33. The van der Waals surface area contributed by atoms with Gasteiger partial charge in [-0.1, -0.05) is 36.0 Å². The Bertz CT molecular complexity index is 471. The largest absolute Gasteiger partial charge is 0.389 e. The van der Waals surface area contributed by atoms with E-state index in [1.807, 2.05) is 18.2 Å². The fraction of sp³-hybridized carbons (Fsp3) is 0.533. The highest BCUT2D eigenvalue weighted by Gasteiger charge is 2.15. The van der Waals surface area contributed by atoms with Crippen LogP contribution in [-0.4, -0.2) is 49.9 Å². The third kappa shape index (κ3) is 5.88. The van der Waals surface area contributed by atoms with E-state index in [2.05, 4.69) is 11.8 Å². The molecule has 0 amide bonds. The first kappa shape index (κ1) is 18.3. The fourth-order valence-electron chi connectivity index (χ4n) is 2.06. The van der Waals surface area contributed by atoms with Gasteiger partial charge in [0.25, 0.3) is 0 Å². The monoisotopic (exact) mass is 330 g/mol. The molecule has 0 spiro atoms. The third-order valence-corrected chi connectivity index (χ3v) is 3.91. The molecule has 1 unspecified atom stereocenters. The summed E-state index contributed by atoms with van der Waals surface area (Å²) in [5, 5.41) is 0.673. The van der Waals surface area contributed by atoms with Gasteiger partial charge in [0.2, 0.25) is 0 Å². The number of benzene rings is 1. The minimum Gasteiger partial charge on any atom is -0.389 e. The molecule has 0 aromatic heterocycles. The quantitative estimate of drug-likeness (QED) is 0.705. The Morgan fingerprint density at radius 3 is 2.62 bits per heavy atom. The molecule has 0 saturated carbocycles. The lowest BCUT2D eigenvalue weighted by Gasteiger charge is -2.28. The number of nitrogens with zero attached hydrogens (tertiary/aromatic N) is 1. The van der Waals surface area contributed by atoms with Gasteiger partial charge in [-0.2, -0.15) is 0 Å². The van der Waals surface area contributed by atoms with Crippen LogP contribution in [0.25, 0.3) is 0 Å². The zero-order valence-electron chi connectivity index (χ0n) is 12.8. The molecule has 4 nitrogen and oxygen atoms in total. The predicted octanol–water partition coefficient (Wildman–Crippen LogP) is 2.46. The van der Waals surface area contributed by atoms with Crippen LogP contribution in [0.1, 0.15) is 18.1 Å². The van der Waals surface area contributed by atoms with Crippen LogP contribution in [0.5, 0.6) is 0 Å². The first-order valence-corrected chi connectivity index (χ1v) is 7.58. The van der Waals surface area contributed by atoms with E-state index in [-0.39, 0.29) is 6.04 Å². The van der Waals surface area contributed by atoms with Gasteiger partial charge in [-0.15, -0.1) is 0 Å². The van der Waals surface area contributed by atoms with Crippen molar-refractivity contribution in [3.05, 3.63) is 34.3 Å². The smallest absolute Gasteiger partial charge is 0.104 e. The van der Waals surface area contributed by atoms with Crippen LogP contribution >= 0.6 is 23.8 Å². The van der Waals surface area contributed by atoms with E-state index < -0.39 is 0 Å². The summed E-state index contributed by atoms with van der Waals surface area (Å²) in [7, 11) is 3.40. The number of methoxy groups -OCH3 is 2. The molecule has 0 radical (unpaired) electrons. The van der Waals surface area contributed by atoms with Crippen LogP contribution in [0.15, 0.2) is 18.2 Å². The van der Waals surface area contributed by atoms with E-state index in [1.165, 1.54) is 0 Å². The molecule has 2 N–H and O–H groups in total. The molecule has 1 aromatic rings. The zero-order chi connectivity index (χ0) is 15.8. The molecule has 1 aromatic carbocycles. The first-order chi connectivity index (χ1) is 9.99. The molecule has 0 aliphatic rings. The molecule has 0 fully saturated rings. The molecule has 0 aliphatic heterocycles. The van der Waals surface area contributed by atoms with Gasteiger partial charge < -0.3 is 15.2 Å². The molecule has 1 atom stereocenters. The molecule has 0 saturated heterocycles. The summed E-state index contributed by atoms with van der Waals surface area (Å²) in [5.74, 6) is 0. The van der Waals surface area contributed by atoms with Crippen LogP contribution in [0.4, 0.5) is 0 Å². The normalized spacial score (nSPS) is 12.6. The molecule has 1 rings (SSSR count). The van der Waals surface area contributed by atoms with Crippen molar-refractivity contribution in [1.29, 1.82) is 0 Å². The van der Waals surface area contributed by atoms with Crippen molar-refractivity contribution < 1.29 is 9.47 Å². The summed E-state index contributed by atoms with van der Waals surface area (Å²) in [6, 6.07) is 5.96. The number of ether oxygens (including phenoxy) is 2. The maximum Gasteiger partial charge on any atom is 0.104 e. The van der Waals surface area contributed by atoms with Crippen LogP contribution in [0.2, 0.25) is 5.02 Å². The number of rotatable bonds is 9. The van der Waals surface area contributed by atoms with Crippen molar-refractivity contribution in [3.63, 3.8) is 0 Å². The summed E-state index contributed by atoms with van der Waals surface area (Å²) < 4.78 is 10.4. The lowest BCUT2D eigenvalue weighted by atomic mass is 10.1. The Morgan fingerprint density at radius 1 is 1.38 bits per heavy atom. The van der Waals surface area contributed by atoms with Crippen molar-refractivity contribution in [3.8, 4) is 0 Å². The Balaban J connectivity index is 2.84. The van der Waals surface area contributed by atoms with Crippen molar-refractivity contribution in [2.75, 3.05) is 34.0 Å². The van der Waals surface area contributed by atoms with Crippen molar-refractivity contribution in [1.82, 2.24) is 4.90 Å². The molecular weight excluding hydrogens is 308 g/mol. The zero-order valence-corrected chi connectivity index (χ0v) is 14.3. The van der Waals surface area contributed by atoms with Crippen molar-refractivity contribution in [2.45, 2.75) is 19.5 Å². The van der Waals surface area contributed by atoms with E-state index in [0.717, 1.165) is 24.2 Å². The number of halogens is 1. The van der Waals surface area contributed by atoms with Gasteiger partial charge in [0.05, 0.1) is 13.2 Å². The molecule has 21 heavy (non-hydrogen) atoms. The molecule has 118 valence electrons. The molecule has 0 aliphatic carbocycles. The highest BCUT2D eigenvalue weighted by molar-refractivity contribution is 7.80. The van der Waals surface area contributed by atoms with E-state index in [9.17, 15) is 0 Å². The van der Waals surface area contributed by atoms with Gasteiger partial charge >= 0.3 is 0 Å². The van der Waals surface area contributed by atoms with Gasteiger partial charge in [-0.25, -0.2) is 0 Å². The molecule has 0 heterocycles. The van der Waals surface area contributed by atoms with Crippen molar-refractivity contribution in [2.24, 2.45) is 5.73 Å². The SMILES string of the molecule is COCCN(Cc1ccc(C(N)=S)cc1Cl)C(C)COC. The van der Waals surface area contributed by atoms with E-state index >= 15 is 0 Å². The highest BCUT2D eigenvalue weighted by Crippen LogP contribution is 2.20. The van der Waals surface area contributed by atoms with E-state index in [4.69, 9.17) is 39.0 Å². The number of nitrogens with two attached hydrogens (primary N) is 1. The average molecular weight is 331 g/mol. The summed E-state index contributed by atoms with van der Waals surface area (Å²) in [6.45, 7) is 4.98. The number of hydrogen-bond acceptors (Lipinski definition) is 4. The predicted molar refractivity (Wildman–Crippen MR) is 91.0 cm³/mol. The first-order valence-electron chi connectivity index (χ1n) is 6.79. The van der Waals surface area contributed by atoms with Crippen LogP contribution in [0.3, 0.4) is 0 Å². The van der Waals surface area contributed by atoms with Crippen LogP contribution in [-0.2, 0) is 16.0 Å². The lowest BCUT2D eigenvalue weighted by Crippen LogP contribution is -2.38. The topological polar surface area (TPSA) is 47.7 Å². The van der Waals surface area contributed by atoms with Gasteiger partial charge in [0.1, 0.15) is 4.99 Å². The third-order valence-electron chi connectivity index (χ3n) is 3.32. The Hall–Kier alpha value is -0.720. The lowest BCUT2D eigenvalue weighted by molar-refractivity contribution is 0.0705. The Kier molecular flexibility index (Phi) is 8.14. The summed E-state index contributed by atoms with van der Waals surface area (Å²) in [6.07, 6.45) is 0. The van der Waals surface area contributed by atoms with Gasteiger partial charge in [0.15, 0.2) is 0 Å². The van der Waals surface area contributed by atoms with Crippen LogP contribution < -0.4 is 5.73 Å². The minimum atomic E-state index is 0.275. The second kappa shape index (κ2) is 9.33. The van der Waals surface area contributed by atoms with Crippen LogP contribution in [0, 0.1) is 0 Å². The van der Waals surface area contributed by atoms with Crippen molar-refractivity contribution >= 4 is 28.8 Å². The summed E-state index contributed by atoms with van der Waals surface area (Å²) in [4.78, 5) is 2.63. The van der Waals surface area contributed by atoms with Gasteiger partial charge in [-0.05, 0) is 18.6 Å². The number of thiocarbonyl (C=S) groups is 1. The summed E-state index contributed by atoms with van der Waals surface area (Å²) in [5.41, 5.74) is 7.44. The second-order valence-electron chi connectivity index (χ2n) is 4.94. The van der Waals surface area contributed by atoms with Gasteiger partial charge in [-0.3, -0.25) is 4.90 Å². The van der Waals surface area contributed by atoms with E-state index in [0.29, 0.717) is 23.2 Å². The highest BCUT2D eigenvalue weighted by atomic mass is 35.5.